The summed E-state index contributed by atoms with van der Waals surface area (Å²) in [5.41, 5.74) is 1.98. The molecule has 14 heavy (non-hydrogen) atoms. The zero-order valence-electron chi connectivity index (χ0n) is 8.09. The molecule has 1 aromatic rings. The third-order valence-electron chi connectivity index (χ3n) is 2.46. The Bertz CT molecular complexity index is 345. The first kappa shape index (κ1) is 9.99. The first-order valence-corrected chi connectivity index (χ1v) is 5.62. The SMILES string of the molecule is CCc1cc(Br)cc(CC2CO2)c1O. The van der Waals surface area contributed by atoms with E-state index in [0.29, 0.717) is 11.9 Å². The number of hydrogen-bond donors (Lipinski definition) is 1. The second kappa shape index (κ2) is 3.91. The summed E-state index contributed by atoms with van der Waals surface area (Å²) in [4.78, 5) is 0. The van der Waals surface area contributed by atoms with Gasteiger partial charge in [0.15, 0.2) is 0 Å². The lowest BCUT2D eigenvalue weighted by atomic mass is 10.0. The van der Waals surface area contributed by atoms with Crippen LogP contribution < -0.4 is 0 Å². The Labute approximate surface area is 92.0 Å². The minimum atomic E-state index is 0.319. The van der Waals surface area contributed by atoms with Crippen LogP contribution in [0.1, 0.15) is 18.1 Å². The van der Waals surface area contributed by atoms with E-state index in [1.165, 1.54) is 0 Å². The van der Waals surface area contributed by atoms with Gasteiger partial charge in [0.2, 0.25) is 0 Å². The predicted molar refractivity (Wildman–Crippen MR) is 58.6 cm³/mol. The second-order valence-corrected chi connectivity index (χ2v) is 4.50. The third kappa shape index (κ3) is 2.10. The van der Waals surface area contributed by atoms with E-state index in [1.54, 1.807) is 0 Å². The molecule has 0 amide bonds. The standard InChI is InChI=1S/C11H13BrO2/c1-2-7-3-9(12)4-8(11(7)13)5-10-6-14-10/h3-4,10,13H,2,5-6H2,1H3. The second-order valence-electron chi connectivity index (χ2n) is 3.59. The molecule has 1 atom stereocenters. The number of benzene rings is 1. The van der Waals surface area contributed by atoms with Crippen LogP contribution in [-0.4, -0.2) is 17.8 Å². The molecular weight excluding hydrogens is 244 g/mol. The van der Waals surface area contributed by atoms with Gasteiger partial charge in [-0.05, 0) is 29.7 Å². The monoisotopic (exact) mass is 256 g/mol. The fourth-order valence-corrected chi connectivity index (χ4v) is 2.13. The fraction of sp³-hybridized carbons (Fsp3) is 0.455. The third-order valence-corrected chi connectivity index (χ3v) is 2.92. The number of rotatable bonds is 3. The van der Waals surface area contributed by atoms with E-state index in [4.69, 9.17) is 4.74 Å². The van der Waals surface area contributed by atoms with Gasteiger partial charge in [-0.2, -0.15) is 0 Å². The molecule has 0 spiro atoms. The van der Waals surface area contributed by atoms with Gasteiger partial charge >= 0.3 is 0 Å². The van der Waals surface area contributed by atoms with Crippen molar-refractivity contribution >= 4 is 15.9 Å². The lowest BCUT2D eigenvalue weighted by Crippen LogP contribution is -1.96. The van der Waals surface area contributed by atoms with Crippen LogP contribution in [0.2, 0.25) is 0 Å². The molecule has 0 radical (unpaired) electrons. The van der Waals surface area contributed by atoms with Gasteiger partial charge in [-0.1, -0.05) is 22.9 Å². The van der Waals surface area contributed by atoms with Gasteiger partial charge in [-0.25, -0.2) is 0 Å². The molecule has 2 nitrogen and oxygen atoms in total. The van der Waals surface area contributed by atoms with Gasteiger partial charge < -0.3 is 9.84 Å². The molecule has 1 N–H and O–H groups in total. The molecule has 76 valence electrons. The van der Waals surface area contributed by atoms with Gasteiger partial charge in [0, 0.05) is 10.9 Å². The summed E-state index contributed by atoms with van der Waals surface area (Å²) >= 11 is 3.45. The van der Waals surface area contributed by atoms with Crippen LogP contribution in [-0.2, 0) is 17.6 Å². The van der Waals surface area contributed by atoms with Crippen molar-refractivity contribution in [2.24, 2.45) is 0 Å². The Balaban J connectivity index is 2.31. The molecule has 1 aromatic carbocycles. The van der Waals surface area contributed by atoms with Crippen molar-refractivity contribution in [1.82, 2.24) is 0 Å². The Morgan fingerprint density at radius 1 is 1.50 bits per heavy atom. The Kier molecular flexibility index (Phi) is 2.79. The quantitative estimate of drug-likeness (QED) is 0.844. The van der Waals surface area contributed by atoms with Crippen LogP contribution in [0.25, 0.3) is 0 Å². The first-order chi connectivity index (χ1) is 6.70. The summed E-state index contributed by atoms with van der Waals surface area (Å²) < 4.78 is 6.18. The summed E-state index contributed by atoms with van der Waals surface area (Å²) in [6, 6.07) is 3.93. The van der Waals surface area contributed by atoms with Crippen molar-refractivity contribution in [3.63, 3.8) is 0 Å². The molecule has 2 rings (SSSR count). The average molecular weight is 257 g/mol. The Morgan fingerprint density at radius 2 is 2.14 bits per heavy atom. The zero-order valence-corrected chi connectivity index (χ0v) is 9.67. The molecule has 1 aliphatic heterocycles. The van der Waals surface area contributed by atoms with Gasteiger partial charge in [-0.3, -0.25) is 0 Å². The summed E-state index contributed by atoms with van der Waals surface area (Å²) in [6.07, 6.45) is 1.99. The predicted octanol–water partition coefficient (Wildman–Crippen LogP) is 2.66. The summed E-state index contributed by atoms with van der Waals surface area (Å²) in [6.45, 7) is 2.87. The van der Waals surface area contributed by atoms with E-state index in [2.05, 4.69) is 15.9 Å². The van der Waals surface area contributed by atoms with Crippen LogP contribution in [0.15, 0.2) is 16.6 Å². The normalized spacial score (nSPS) is 19.7. The molecule has 1 heterocycles. The van der Waals surface area contributed by atoms with Crippen molar-refractivity contribution in [3.05, 3.63) is 27.7 Å². The number of halogens is 1. The van der Waals surface area contributed by atoms with Crippen LogP contribution >= 0.6 is 15.9 Å². The van der Waals surface area contributed by atoms with E-state index in [1.807, 2.05) is 19.1 Å². The number of hydrogen-bond acceptors (Lipinski definition) is 2. The van der Waals surface area contributed by atoms with E-state index >= 15 is 0 Å². The van der Waals surface area contributed by atoms with Crippen molar-refractivity contribution in [3.8, 4) is 5.75 Å². The number of aromatic hydroxyl groups is 1. The number of aryl methyl sites for hydroxylation is 1. The molecule has 0 aromatic heterocycles. The maximum absolute atomic E-state index is 9.91. The van der Waals surface area contributed by atoms with Gasteiger partial charge in [-0.15, -0.1) is 0 Å². The molecule has 0 aliphatic carbocycles. The molecular formula is C11H13BrO2. The van der Waals surface area contributed by atoms with Crippen molar-refractivity contribution in [1.29, 1.82) is 0 Å². The lowest BCUT2D eigenvalue weighted by Gasteiger charge is -2.08. The van der Waals surface area contributed by atoms with E-state index < -0.39 is 0 Å². The molecule has 1 fully saturated rings. The zero-order chi connectivity index (χ0) is 10.1. The van der Waals surface area contributed by atoms with Crippen LogP contribution in [0.4, 0.5) is 0 Å². The Hall–Kier alpha value is -0.540. The molecule has 3 heteroatoms. The molecule has 0 saturated carbocycles. The number of ether oxygens (including phenoxy) is 1. The highest BCUT2D eigenvalue weighted by Gasteiger charge is 2.24. The van der Waals surface area contributed by atoms with Crippen molar-refractivity contribution < 1.29 is 9.84 Å². The smallest absolute Gasteiger partial charge is 0.122 e. The molecule has 1 aliphatic rings. The van der Waals surface area contributed by atoms with E-state index in [0.717, 1.165) is 35.0 Å². The molecule has 0 bridgehead atoms. The maximum atomic E-state index is 9.91. The molecule has 1 unspecified atom stereocenters. The summed E-state index contributed by atoms with van der Waals surface area (Å²) in [5, 5.41) is 9.91. The van der Waals surface area contributed by atoms with Crippen LogP contribution in [0, 0.1) is 0 Å². The summed E-state index contributed by atoms with van der Waals surface area (Å²) in [7, 11) is 0. The van der Waals surface area contributed by atoms with Gasteiger partial charge in [0.05, 0.1) is 12.7 Å². The van der Waals surface area contributed by atoms with Gasteiger partial charge in [0.1, 0.15) is 5.75 Å². The van der Waals surface area contributed by atoms with Crippen LogP contribution in [0.5, 0.6) is 5.75 Å². The highest BCUT2D eigenvalue weighted by Crippen LogP contribution is 2.30. The number of epoxide rings is 1. The largest absolute Gasteiger partial charge is 0.507 e. The highest BCUT2D eigenvalue weighted by atomic mass is 79.9. The van der Waals surface area contributed by atoms with Crippen molar-refractivity contribution in [2.75, 3.05) is 6.61 Å². The van der Waals surface area contributed by atoms with Crippen molar-refractivity contribution in [2.45, 2.75) is 25.9 Å². The lowest BCUT2D eigenvalue weighted by molar-refractivity contribution is 0.401. The van der Waals surface area contributed by atoms with Gasteiger partial charge in [0.25, 0.3) is 0 Å². The average Bonchev–Trinajstić information content (AvgIpc) is 2.94. The van der Waals surface area contributed by atoms with E-state index in [9.17, 15) is 5.11 Å². The first-order valence-electron chi connectivity index (χ1n) is 4.82. The minimum Gasteiger partial charge on any atom is -0.507 e. The highest BCUT2D eigenvalue weighted by molar-refractivity contribution is 9.10. The topological polar surface area (TPSA) is 32.8 Å². The summed E-state index contributed by atoms with van der Waals surface area (Å²) in [5.74, 6) is 0.436. The Morgan fingerprint density at radius 3 is 2.71 bits per heavy atom. The maximum Gasteiger partial charge on any atom is 0.122 e. The van der Waals surface area contributed by atoms with E-state index in [-0.39, 0.29) is 0 Å². The minimum absolute atomic E-state index is 0.319. The fourth-order valence-electron chi connectivity index (χ4n) is 1.57. The number of phenols is 1. The molecule has 1 saturated heterocycles. The number of phenolic OH excluding ortho intramolecular Hbond substituents is 1. The van der Waals surface area contributed by atoms with Crippen LogP contribution in [0.3, 0.4) is 0 Å².